The van der Waals surface area contributed by atoms with Crippen molar-refractivity contribution < 1.29 is 24.1 Å². The van der Waals surface area contributed by atoms with Crippen LogP contribution in [0.15, 0.2) is 0 Å². The third-order valence-electron chi connectivity index (χ3n) is 2.82. The highest BCUT2D eigenvalue weighted by molar-refractivity contribution is 4.94. The first-order chi connectivity index (χ1) is 6.94. The Morgan fingerprint density at radius 3 is 2.40 bits per heavy atom. The van der Waals surface area contributed by atoms with E-state index >= 15 is 0 Å². The summed E-state index contributed by atoms with van der Waals surface area (Å²) in [5.41, 5.74) is 0. The first kappa shape index (κ1) is 11.3. The number of aliphatic hydroxyl groups excluding tert-OH is 1. The van der Waals surface area contributed by atoms with Crippen LogP contribution in [0.3, 0.4) is 0 Å². The summed E-state index contributed by atoms with van der Waals surface area (Å²) in [6.45, 7) is 5.54. The fourth-order valence-corrected chi connectivity index (χ4v) is 2.16. The van der Waals surface area contributed by atoms with E-state index in [1.807, 2.05) is 20.8 Å². The predicted molar refractivity (Wildman–Crippen MR) is 51.2 cm³/mol. The lowest BCUT2D eigenvalue weighted by atomic mass is 10.0. The number of methoxy groups -OCH3 is 1. The van der Waals surface area contributed by atoms with Crippen molar-refractivity contribution in [3.05, 3.63) is 0 Å². The predicted octanol–water partition coefficient (Wildman–Crippen LogP) is 0.259. The summed E-state index contributed by atoms with van der Waals surface area (Å²) in [7, 11) is 1.50. The molecule has 88 valence electrons. The van der Waals surface area contributed by atoms with Gasteiger partial charge in [0.1, 0.15) is 18.3 Å². The van der Waals surface area contributed by atoms with E-state index in [9.17, 15) is 5.11 Å². The van der Waals surface area contributed by atoms with Gasteiger partial charge in [-0.3, -0.25) is 0 Å². The van der Waals surface area contributed by atoms with Crippen LogP contribution in [0.5, 0.6) is 0 Å². The average Bonchev–Trinajstić information content (AvgIpc) is 2.48. The SMILES string of the molecule is CO[C@H]1O[C@H](C)[C@@H]2OC(C)(C)OC2C1O. The normalized spacial score (nSPS) is 49.0. The van der Waals surface area contributed by atoms with Crippen LogP contribution in [-0.2, 0) is 18.9 Å². The molecule has 0 aromatic rings. The number of rotatable bonds is 1. The number of hydrogen-bond acceptors (Lipinski definition) is 5. The number of fused-ring (bicyclic) bond motifs is 1. The van der Waals surface area contributed by atoms with Gasteiger partial charge >= 0.3 is 0 Å². The zero-order valence-corrected chi connectivity index (χ0v) is 9.47. The van der Waals surface area contributed by atoms with E-state index in [1.54, 1.807) is 0 Å². The molecule has 5 heteroatoms. The summed E-state index contributed by atoms with van der Waals surface area (Å²) >= 11 is 0. The molecule has 2 rings (SSSR count). The third-order valence-corrected chi connectivity index (χ3v) is 2.82. The van der Waals surface area contributed by atoms with E-state index in [2.05, 4.69) is 0 Å². The fourth-order valence-electron chi connectivity index (χ4n) is 2.16. The third kappa shape index (κ3) is 1.90. The quantitative estimate of drug-likeness (QED) is 0.684. The van der Waals surface area contributed by atoms with E-state index in [0.29, 0.717) is 0 Å². The van der Waals surface area contributed by atoms with Crippen molar-refractivity contribution >= 4 is 0 Å². The van der Waals surface area contributed by atoms with Gasteiger partial charge in [-0.2, -0.15) is 0 Å². The Hall–Kier alpha value is -0.200. The Balaban J connectivity index is 2.16. The lowest BCUT2D eigenvalue weighted by Gasteiger charge is -2.37. The standard InChI is InChI=1S/C10H18O5/c1-5-7-8(15-10(2,3)14-7)6(11)9(12-4)13-5/h5-9,11H,1-4H3/t5-,6?,7+,8?,9+/m1/s1. The molecular weight excluding hydrogens is 200 g/mol. The number of ether oxygens (including phenoxy) is 4. The molecule has 0 saturated carbocycles. The van der Waals surface area contributed by atoms with Crippen LogP contribution in [0.4, 0.5) is 0 Å². The van der Waals surface area contributed by atoms with Crippen molar-refractivity contribution in [2.45, 2.75) is 57.3 Å². The number of aliphatic hydroxyl groups is 1. The Labute approximate surface area is 89.3 Å². The maximum atomic E-state index is 9.93. The van der Waals surface area contributed by atoms with Gasteiger partial charge in [0.15, 0.2) is 12.1 Å². The second kappa shape index (κ2) is 3.68. The van der Waals surface area contributed by atoms with Crippen LogP contribution < -0.4 is 0 Å². The molecule has 0 aromatic carbocycles. The Bertz CT molecular complexity index is 242. The summed E-state index contributed by atoms with van der Waals surface area (Å²) in [6, 6.07) is 0. The van der Waals surface area contributed by atoms with E-state index in [0.717, 1.165) is 0 Å². The van der Waals surface area contributed by atoms with Crippen LogP contribution in [0, 0.1) is 0 Å². The summed E-state index contributed by atoms with van der Waals surface area (Å²) in [5, 5.41) is 9.93. The topological polar surface area (TPSA) is 57.2 Å². The van der Waals surface area contributed by atoms with Crippen LogP contribution in [0.2, 0.25) is 0 Å². The minimum Gasteiger partial charge on any atom is -0.385 e. The molecule has 0 amide bonds. The van der Waals surface area contributed by atoms with Gasteiger partial charge in [0.25, 0.3) is 0 Å². The summed E-state index contributed by atoms with van der Waals surface area (Å²) in [4.78, 5) is 0. The molecule has 2 saturated heterocycles. The summed E-state index contributed by atoms with van der Waals surface area (Å²) in [6.07, 6.45) is -2.21. The molecule has 0 bridgehead atoms. The highest BCUT2D eigenvalue weighted by atomic mass is 16.8. The maximum absolute atomic E-state index is 9.93. The molecule has 2 heterocycles. The van der Waals surface area contributed by atoms with Crippen LogP contribution in [-0.4, -0.2) is 48.7 Å². The van der Waals surface area contributed by atoms with Crippen molar-refractivity contribution in [1.82, 2.24) is 0 Å². The Morgan fingerprint density at radius 2 is 1.80 bits per heavy atom. The van der Waals surface area contributed by atoms with Gasteiger partial charge in [-0.1, -0.05) is 0 Å². The first-order valence-electron chi connectivity index (χ1n) is 5.16. The molecule has 2 aliphatic rings. The largest absolute Gasteiger partial charge is 0.385 e. The van der Waals surface area contributed by atoms with Crippen LogP contribution in [0.25, 0.3) is 0 Å². The van der Waals surface area contributed by atoms with E-state index in [-0.39, 0.29) is 18.3 Å². The van der Waals surface area contributed by atoms with Gasteiger partial charge in [-0.25, -0.2) is 0 Å². The molecule has 0 aliphatic carbocycles. The second-order valence-corrected chi connectivity index (χ2v) is 4.50. The Kier molecular flexibility index (Phi) is 2.77. The van der Waals surface area contributed by atoms with Gasteiger partial charge < -0.3 is 24.1 Å². The molecule has 0 aromatic heterocycles. The van der Waals surface area contributed by atoms with Gasteiger partial charge in [0.2, 0.25) is 0 Å². The van der Waals surface area contributed by atoms with Crippen molar-refractivity contribution in [2.24, 2.45) is 0 Å². The van der Waals surface area contributed by atoms with Gasteiger partial charge in [-0.15, -0.1) is 0 Å². The molecule has 5 atom stereocenters. The molecule has 5 nitrogen and oxygen atoms in total. The van der Waals surface area contributed by atoms with E-state index in [1.165, 1.54) is 7.11 Å². The zero-order chi connectivity index (χ0) is 11.2. The van der Waals surface area contributed by atoms with Crippen LogP contribution in [0.1, 0.15) is 20.8 Å². The molecule has 15 heavy (non-hydrogen) atoms. The highest BCUT2D eigenvalue weighted by Crippen LogP contribution is 2.37. The highest BCUT2D eigenvalue weighted by Gasteiger charge is 2.53. The smallest absolute Gasteiger partial charge is 0.186 e. The molecule has 0 spiro atoms. The molecule has 2 aliphatic heterocycles. The monoisotopic (exact) mass is 218 g/mol. The minimum absolute atomic E-state index is 0.148. The lowest BCUT2D eigenvalue weighted by Crippen LogP contribution is -2.55. The summed E-state index contributed by atoms with van der Waals surface area (Å²) in [5.74, 6) is -0.670. The molecule has 2 fully saturated rings. The van der Waals surface area contributed by atoms with Gasteiger partial charge in [0.05, 0.1) is 6.10 Å². The zero-order valence-electron chi connectivity index (χ0n) is 9.47. The lowest BCUT2D eigenvalue weighted by molar-refractivity contribution is -0.265. The molecule has 2 unspecified atom stereocenters. The molecule has 1 N–H and O–H groups in total. The average molecular weight is 218 g/mol. The summed E-state index contributed by atoms with van der Waals surface area (Å²) < 4.78 is 21.8. The minimum atomic E-state index is -0.807. The van der Waals surface area contributed by atoms with E-state index in [4.69, 9.17) is 18.9 Å². The fraction of sp³-hybridized carbons (Fsp3) is 1.00. The maximum Gasteiger partial charge on any atom is 0.186 e. The Morgan fingerprint density at radius 1 is 1.20 bits per heavy atom. The van der Waals surface area contributed by atoms with Gasteiger partial charge in [-0.05, 0) is 20.8 Å². The molecule has 0 radical (unpaired) electrons. The first-order valence-corrected chi connectivity index (χ1v) is 5.16. The van der Waals surface area contributed by atoms with Crippen LogP contribution >= 0.6 is 0 Å². The van der Waals surface area contributed by atoms with Crippen molar-refractivity contribution in [3.63, 3.8) is 0 Å². The second-order valence-electron chi connectivity index (χ2n) is 4.50. The van der Waals surface area contributed by atoms with Crippen molar-refractivity contribution in [1.29, 1.82) is 0 Å². The van der Waals surface area contributed by atoms with E-state index < -0.39 is 18.2 Å². The molecular formula is C10H18O5. The number of hydrogen-bond donors (Lipinski definition) is 1. The van der Waals surface area contributed by atoms with Crippen molar-refractivity contribution in [2.75, 3.05) is 7.11 Å². The van der Waals surface area contributed by atoms with Gasteiger partial charge in [0, 0.05) is 7.11 Å². The van der Waals surface area contributed by atoms with Crippen molar-refractivity contribution in [3.8, 4) is 0 Å².